The monoisotopic (exact) mass is 427 g/mol. The molecule has 0 aromatic carbocycles. The first-order valence-electron chi connectivity index (χ1n) is 11.1. The van der Waals surface area contributed by atoms with E-state index in [1.807, 2.05) is 0 Å². The average molecular weight is 428 g/mol. The fraction of sp³-hybridized carbons (Fsp3) is 1.00. The summed E-state index contributed by atoms with van der Waals surface area (Å²) in [6.45, 7) is 31.5. The van der Waals surface area contributed by atoms with Gasteiger partial charge in [-0.25, -0.2) is 0 Å². The van der Waals surface area contributed by atoms with Crippen LogP contribution in [0.4, 0.5) is 0 Å². The van der Waals surface area contributed by atoms with Gasteiger partial charge in [0.1, 0.15) is 0 Å². The Bertz CT molecular complexity index is 237. The first-order chi connectivity index (χ1) is 12.8. The van der Waals surface area contributed by atoms with Gasteiger partial charge in [-0.05, 0) is 62.3 Å². The molecule has 0 aromatic rings. The van der Waals surface area contributed by atoms with Crippen LogP contribution in [-0.2, 0) is 0 Å². The Labute approximate surface area is 179 Å². The lowest BCUT2D eigenvalue weighted by Gasteiger charge is -2.39. The zero-order valence-electron chi connectivity index (χ0n) is 21.4. The lowest BCUT2D eigenvalue weighted by atomic mass is 10.4. The Hall–Kier alpha value is 0.190. The molecule has 176 valence electrons. The Balaban J connectivity index is -0.000000141. The van der Waals surface area contributed by atoms with Crippen LogP contribution in [0, 0.1) is 0 Å². The summed E-state index contributed by atoms with van der Waals surface area (Å²) < 4.78 is 3.63. The van der Waals surface area contributed by atoms with Crippen molar-refractivity contribution in [2.75, 3.05) is 80.0 Å². The number of quaternary nitrogens is 3. The molecule has 7 heteroatoms. The van der Waals surface area contributed by atoms with E-state index < -0.39 is 8.60 Å². The minimum Gasteiger partial charge on any atom is -0.854 e. The summed E-state index contributed by atoms with van der Waals surface area (Å²) in [7, 11) is 3.50. The maximum Gasteiger partial charge on any atom is 0.0755 e. The van der Waals surface area contributed by atoms with Crippen molar-refractivity contribution >= 4 is 8.60 Å². The van der Waals surface area contributed by atoms with E-state index in [0.29, 0.717) is 0 Å². The van der Waals surface area contributed by atoms with Crippen LogP contribution in [-0.4, -0.2) is 93.5 Å². The Kier molecular flexibility index (Phi) is 26.0. The van der Waals surface area contributed by atoms with Crippen LogP contribution in [0.1, 0.15) is 62.3 Å². The highest BCUT2D eigenvalue weighted by Gasteiger charge is 2.12. The summed E-state index contributed by atoms with van der Waals surface area (Å²) in [6.07, 6.45) is 0. The van der Waals surface area contributed by atoms with E-state index in [1.165, 1.54) is 72.4 Å². The third-order valence-corrected chi connectivity index (χ3v) is 6.87. The lowest BCUT2D eigenvalue weighted by molar-refractivity contribution is -0.904. The number of nitrogens with zero attached hydrogens (tertiary/aromatic N) is 3. The fourth-order valence-electron chi connectivity index (χ4n) is 2.01. The molecule has 0 aromatic heterocycles. The van der Waals surface area contributed by atoms with Crippen molar-refractivity contribution in [1.29, 1.82) is 0 Å². The summed E-state index contributed by atoms with van der Waals surface area (Å²) in [5, 5.41) is 0. The number of hydrogen-bond acceptors (Lipinski definition) is 3. The standard InChI is InChI=1S/3C7H18N.O3P/c3*1-5-8(4,6-2)7-3;1-4(2)3/h3*5-7H2,1-4H3;/q3*+1;-3. The first-order valence-corrected chi connectivity index (χ1v) is 12.2. The van der Waals surface area contributed by atoms with Gasteiger partial charge in [0.25, 0.3) is 0 Å². The first kappa shape index (κ1) is 35.6. The second kappa shape index (κ2) is 20.5. The Morgan fingerprint density at radius 1 is 0.393 bits per heavy atom. The molecule has 0 amide bonds. The third kappa shape index (κ3) is 22.5. The number of rotatable bonds is 9. The molecular weight excluding hydrogens is 373 g/mol. The molecule has 0 bridgehead atoms. The van der Waals surface area contributed by atoms with Gasteiger partial charge in [0.15, 0.2) is 0 Å². The Morgan fingerprint density at radius 2 is 0.464 bits per heavy atom. The van der Waals surface area contributed by atoms with Gasteiger partial charge < -0.3 is 36.7 Å². The topological polar surface area (TPSA) is 69.2 Å². The predicted molar refractivity (Wildman–Crippen MR) is 120 cm³/mol. The molecule has 0 aliphatic rings. The molecule has 28 heavy (non-hydrogen) atoms. The molecule has 0 aliphatic heterocycles. The normalized spacial score (nSPS) is 11.6. The highest BCUT2D eigenvalue weighted by Crippen LogP contribution is 1.99. The second-order valence-electron chi connectivity index (χ2n) is 7.93. The van der Waals surface area contributed by atoms with Gasteiger partial charge in [0, 0.05) is 0 Å². The quantitative estimate of drug-likeness (QED) is 0.416. The highest BCUT2D eigenvalue weighted by atomic mass is 31.2. The molecule has 0 radical (unpaired) electrons. The summed E-state index contributed by atoms with van der Waals surface area (Å²) in [4.78, 5) is 25.4. The van der Waals surface area contributed by atoms with Crippen molar-refractivity contribution in [2.24, 2.45) is 0 Å². The van der Waals surface area contributed by atoms with E-state index >= 15 is 0 Å². The third-order valence-electron chi connectivity index (χ3n) is 6.87. The molecule has 0 fully saturated rings. The molecule has 0 rings (SSSR count). The van der Waals surface area contributed by atoms with Crippen molar-refractivity contribution < 1.29 is 28.1 Å². The van der Waals surface area contributed by atoms with E-state index in [-0.39, 0.29) is 0 Å². The van der Waals surface area contributed by atoms with Gasteiger partial charge in [-0.15, -0.1) is 0 Å². The minimum atomic E-state index is -3.37. The lowest BCUT2D eigenvalue weighted by Crippen LogP contribution is -2.42. The van der Waals surface area contributed by atoms with Crippen LogP contribution in [0.5, 0.6) is 0 Å². The van der Waals surface area contributed by atoms with Gasteiger partial charge in [-0.3, -0.25) is 0 Å². The second-order valence-corrected chi connectivity index (χ2v) is 8.38. The molecule has 0 saturated heterocycles. The average Bonchev–Trinajstić information content (AvgIpc) is 2.72. The molecule has 0 spiro atoms. The molecule has 0 unspecified atom stereocenters. The van der Waals surface area contributed by atoms with Gasteiger partial charge in [0.2, 0.25) is 0 Å². The molecular formula is C21H54N3O3P. The van der Waals surface area contributed by atoms with Crippen molar-refractivity contribution in [3.63, 3.8) is 0 Å². The zero-order valence-corrected chi connectivity index (χ0v) is 22.3. The summed E-state index contributed by atoms with van der Waals surface area (Å²) in [5.74, 6) is 0. The number of hydrogen-bond donors (Lipinski definition) is 0. The molecule has 0 aliphatic carbocycles. The molecule has 0 heterocycles. The van der Waals surface area contributed by atoms with E-state index in [0.717, 1.165) is 0 Å². The van der Waals surface area contributed by atoms with Crippen LogP contribution >= 0.6 is 8.60 Å². The van der Waals surface area contributed by atoms with Crippen LogP contribution in [0.15, 0.2) is 0 Å². The zero-order chi connectivity index (χ0) is 23.4. The van der Waals surface area contributed by atoms with Crippen LogP contribution < -0.4 is 14.7 Å². The minimum absolute atomic E-state index is 1.21. The van der Waals surface area contributed by atoms with E-state index in [9.17, 15) is 0 Å². The van der Waals surface area contributed by atoms with E-state index in [2.05, 4.69) is 83.5 Å². The van der Waals surface area contributed by atoms with Crippen molar-refractivity contribution in [3.05, 3.63) is 0 Å². The van der Waals surface area contributed by atoms with Crippen LogP contribution in [0.2, 0.25) is 0 Å². The van der Waals surface area contributed by atoms with Crippen LogP contribution in [0.3, 0.4) is 0 Å². The summed E-state index contributed by atoms with van der Waals surface area (Å²) in [5.41, 5.74) is 0. The smallest absolute Gasteiger partial charge is 0.0755 e. The molecule has 0 N–H and O–H groups in total. The van der Waals surface area contributed by atoms with E-state index in [1.54, 1.807) is 0 Å². The van der Waals surface area contributed by atoms with E-state index in [4.69, 9.17) is 14.7 Å². The van der Waals surface area contributed by atoms with Gasteiger partial charge in [-0.2, -0.15) is 0 Å². The summed E-state index contributed by atoms with van der Waals surface area (Å²) in [6, 6.07) is 0. The summed E-state index contributed by atoms with van der Waals surface area (Å²) >= 11 is 0. The van der Waals surface area contributed by atoms with Crippen molar-refractivity contribution in [3.8, 4) is 0 Å². The fourth-order valence-corrected chi connectivity index (χ4v) is 2.01. The van der Waals surface area contributed by atoms with Crippen molar-refractivity contribution in [1.82, 2.24) is 0 Å². The largest absolute Gasteiger partial charge is 0.854 e. The molecule has 0 saturated carbocycles. The predicted octanol–water partition coefficient (Wildman–Crippen LogP) is 1.77. The van der Waals surface area contributed by atoms with Crippen LogP contribution in [0.25, 0.3) is 0 Å². The van der Waals surface area contributed by atoms with Gasteiger partial charge >= 0.3 is 0 Å². The Morgan fingerprint density at radius 3 is 0.464 bits per heavy atom. The van der Waals surface area contributed by atoms with Gasteiger partial charge in [0.05, 0.1) is 80.0 Å². The van der Waals surface area contributed by atoms with Crippen molar-refractivity contribution in [2.45, 2.75) is 62.3 Å². The van der Waals surface area contributed by atoms with Gasteiger partial charge in [-0.1, -0.05) is 0 Å². The highest BCUT2D eigenvalue weighted by molar-refractivity contribution is 7.33. The maximum atomic E-state index is 8.48. The SMILES string of the molecule is CC[N+](C)(CC)CC.CC[N+](C)(CC)CC.CC[N+](C)(CC)CC.[O-]P([O-])[O-]. The molecule has 6 nitrogen and oxygen atoms in total. The maximum absolute atomic E-state index is 8.48. The molecule has 0 atom stereocenters.